The summed E-state index contributed by atoms with van der Waals surface area (Å²) < 4.78 is 4.95. The monoisotopic (exact) mass is 343 g/mol. The number of aromatic amines is 1. The van der Waals surface area contributed by atoms with Crippen LogP contribution < -0.4 is 5.32 Å². The molecule has 2 aliphatic rings. The standard InChI is InChI=1S/C17H21N5O3/c23-16(19-11-4-2-1-3-5-11)15-12-10-22(9-7-13(12)20-21-15)17(24)14-6-8-18-25-14/h6,8,11H,1-5,7,9-10H2,(H,19,23)(H,20,21). The van der Waals surface area contributed by atoms with E-state index in [4.69, 9.17) is 4.52 Å². The van der Waals surface area contributed by atoms with Gasteiger partial charge in [-0.25, -0.2) is 0 Å². The second kappa shape index (κ2) is 6.70. The number of fused-ring (bicyclic) bond motifs is 1. The Morgan fingerprint density at radius 2 is 2.12 bits per heavy atom. The maximum absolute atomic E-state index is 12.6. The molecule has 132 valence electrons. The van der Waals surface area contributed by atoms with Gasteiger partial charge in [-0.1, -0.05) is 24.4 Å². The summed E-state index contributed by atoms with van der Waals surface area (Å²) in [5.41, 5.74) is 2.12. The van der Waals surface area contributed by atoms with Crippen molar-refractivity contribution in [2.45, 2.75) is 51.1 Å². The second-order valence-corrected chi connectivity index (χ2v) is 6.69. The van der Waals surface area contributed by atoms with Crippen LogP contribution in [-0.4, -0.2) is 44.7 Å². The summed E-state index contributed by atoms with van der Waals surface area (Å²) in [6.07, 6.45) is 7.68. The Balaban J connectivity index is 1.49. The predicted molar refractivity (Wildman–Crippen MR) is 87.9 cm³/mol. The molecule has 0 radical (unpaired) electrons. The molecular formula is C17H21N5O3. The van der Waals surface area contributed by atoms with Crippen molar-refractivity contribution in [3.63, 3.8) is 0 Å². The lowest BCUT2D eigenvalue weighted by atomic mass is 9.95. The van der Waals surface area contributed by atoms with Gasteiger partial charge in [-0.05, 0) is 12.8 Å². The van der Waals surface area contributed by atoms with Gasteiger partial charge in [0.15, 0.2) is 5.69 Å². The van der Waals surface area contributed by atoms with Crippen molar-refractivity contribution in [2.24, 2.45) is 0 Å². The maximum Gasteiger partial charge on any atom is 0.292 e. The topological polar surface area (TPSA) is 104 Å². The molecule has 1 saturated carbocycles. The molecule has 8 nitrogen and oxygen atoms in total. The smallest absolute Gasteiger partial charge is 0.292 e. The number of nitrogens with zero attached hydrogens (tertiary/aromatic N) is 3. The van der Waals surface area contributed by atoms with Crippen molar-refractivity contribution in [2.75, 3.05) is 6.54 Å². The minimum absolute atomic E-state index is 0.154. The van der Waals surface area contributed by atoms with Crippen LogP contribution in [-0.2, 0) is 13.0 Å². The molecule has 4 rings (SSSR count). The maximum atomic E-state index is 12.6. The number of carbonyl (C=O) groups is 2. The van der Waals surface area contributed by atoms with Crippen molar-refractivity contribution in [1.82, 2.24) is 25.6 Å². The number of aromatic nitrogens is 3. The largest absolute Gasteiger partial charge is 0.351 e. The Hall–Kier alpha value is -2.64. The van der Waals surface area contributed by atoms with E-state index < -0.39 is 0 Å². The van der Waals surface area contributed by atoms with E-state index in [-0.39, 0.29) is 23.6 Å². The Bertz CT molecular complexity index is 761. The van der Waals surface area contributed by atoms with Gasteiger partial charge >= 0.3 is 0 Å². The molecule has 2 amide bonds. The summed E-state index contributed by atoms with van der Waals surface area (Å²) in [7, 11) is 0. The van der Waals surface area contributed by atoms with Gasteiger partial charge in [0.05, 0.1) is 12.7 Å². The third kappa shape index (κ3) is 3.16. The van der Waals surface area contributed by atoms with Crippen LogP contribution in [0.15, 0.2) is 16.8 Å². The number of amides is 2. The first-order valence-corrected chi connectivity index (χ1v) is 8.79. The summed E-state index contributed by atoms with van der Waals surface area (Å²) in [4.78, 5) is 26.7. The number of hydrogen-bond donors (Lipinski definition) is 2. The zero-order chi connectivity index (χ0) is 17.2. The van der Waals surface area contributed by atoms with Gasteiger partial charge < -0.3 is 14.7 Å². The van der Waals surface area contributed by atoms with Crippen molar-refractivity contribution in [1.29, 1.82) is 0 Å². The Morgan fingerprint density at radius 3 is 2.88 bits per heavy atom. The lowest BCUT2D eigenvalue weighted by Crippen LogP contribution is -2.39. The van der Waals surface area contributed by atoms with E-state index in [1.54, 1.807) is 11.0 Å². The molecular weight excluding hydrogens is 322 g/mol. The predicted octanol–water partition coefficient (Wildman–Crippen LogP) is 1.66. The Kier molecular flexibility index (Phi) is 4.25. The summed E-state index contributed by atoms with van der Waals surface area (Å²) in [5, 5.41) is 13.8. The van der Waals surface area contributed by atoms with E-state index in [1.165, 1.54) is 12.6 Å². The fourth-order valence-corrected chi connectivity index (χ4v) is 3.64. The van der Waals surface area contributed by atoms with E-state index >= 15 is 0 Å². The number of carbonyl (C=O) groups excluding carboxylic acids is 2. The van der Waals surface area contributed by atoms with Crippen molar-refractivity contribution in [3.05, 3.63) is 35.0 Å². The molecule has 0 saturated heterocycles. The highest BCUT2D eigenvalue weighted by atomic mass is 16.5. The normalized spacial score (nSPS) is 18.0. The molecule has 8 heteroatoms. The highest BCUT2D eigenvalue weighted by Crippen LogP contribution is 2.23. The Labute approximate surface area is 144 Å². The van der Waals surface area contributed by atoms with E-state index in [9.17, 15) is 9.59 Å². The molecule has 0 aromatic carbocycles. The molecule has 2 aromatic heterocycles. The number of nitrogens with one attached hydrogen (secondary N) is 2. The number of H-pyrrole nitrogens is 1. The average molecular weight is 343 g/mol. The quantitative estimate of drug-likeness (QED) is 0.882. The van der Waals surface area contributed by atoms with Crippen LogP contribution in [0.25, 0.3) is 0 Å². The van der Waals surface area contributed by atoms with Gasteiger partial charge in [0.2, 0.25) is 5.76 Å². The molecule has 1 fully saturated rings. The fourth-order valence-electron chi connectivity index (χ4n) is 3.64. The lowest BCUT2D eigenvalue weighted by Gasteiger charge is -2.26. The van der Waals surface area contributed by atoms with E-state index in [2.05, 4.69) is 20.7 Å². The molecule has 3 heterocycles. The summed E-state index contributed by atoms with van der Waals surface area (Å²) in [5.74, 6) is -0.165. The van der Waals surface area contributed by atoms with Crippen LogP contribution in [0.4, 0.5) is 0 Å². The highest BCUT2D eigenvalue weighted by Gasteiger charge is 2.30. The first-order valence-electron chi connectivity index (χ1n) is 8.79. The molecule has 0 bridgehead atoms. The SMILES string of the molecule is O=C(NC1CCCCC1)c1n[nH]c2c1CN(C(=O)c1ccno1)CC2. The lowest BCUT2D eigenvalue weighted by molar-refractivity contribution is 0.0689. The number of hydrogen-bond acceptors (Lipinski definition) is 5. The molecule has 0 unspecified atom stereocenters. The third-order valence-corrected chi connectivity index (χ3v) is 5.02. The van der Waals surface area contributed by atoms with Crippen LogP contribution in [0.3, 0.4) is 0 Å². The van der Waals surface area contributed by atoms with E-state index in [1.807, 2.05) is 0 Å². The molecule has 2 aromatic rings. The molecule has 1 aliphatic heterocycles. The average Bonchev–Trinajstić information content (AvgIpc) is 3.31. The van der Waals surface area contributed by atoms with Gasteiger partial charge in [0, 0.05) is 36.3 Å². The molecule has 1 aliphatic carbocycles. The van der Waals surface area contributed by atoms with Crippen molar-refractivity contribution >= 4 is 11.8 Å². The fraction of sp³-hybridized carbons (Fsp3) is 0.529. The summed E-state index contributed by atoms with van der Waals surface area (Å²) in [6.45, 7) is 0.900. The van der Waals surface area contributed by atoms with Crippen LogP contribution >= 0.6 is 0 Å². The van der Waals surface area contributed by atoms with Gasteiger partial charge in [0.25, 0.3) is 11.8 Å². The van der Waals surface area contributed by atoms with Gasteiger partial charge in [0.1, 0.15) is 0 Å². The van der Waals surface area contributed by atoms with Crippen molar-refractivity contribution in [3.8, 4) is 0 Å². The molecule has 2 N–H and O–H groups in total. The third-order valence-electron chi connectivity index (χ3n) is 5.02. The van der Waals surface area contributed by atoms with E-state index in [0.29, 0.717) is 25.2 Å². The van der Waals surface area contributed by atoms with Crippen LogP contribution in [0.1, 0.15) is 64.4 Å². The van der Waals surface area contributed by atoms with E-state index in [0.717, 1.165) is 36.9 Å². The zero-order valence-electron chi connectivity index (χ0n) is 14.0. The van der Waals surface area contributed by atoms with Crippen molar-refractivity contribution < 1.29 is 14.1 Å². The van der Waals surface area contributed by atoms with Crippen LogP contribution in [0.2, 0.25) is 0 Å². The van der Waals surface area contributed by atoms with Crippen LogP contribution in [0, 0.1) is 0 Å². The van der Waals surface area contributed by atoms with Gasteiger partial charge in [-0.2, -0.15) is 5.10 Å². The molecule has 25 heavy (non-hydrogen) atoms. The minimum Gasteiger partial charge on any atom is -0.351 e. The first-order chi connectivity index (χ1) is 12.2. The Morgan fingerprint density at radius 1 is 1.28 bits per heavy atom. The summed E-state index contributed by atoms with van der Waals surface area (Å²) in [6, 6.07) is 1.77. The second-order valence-electron chi connectivity index (χ2n) is 6.69. The summed E-state index contributed by atoms with van der Waals surface area (Å²) >= 11 is 0. The molecule has 0 spiro atoms. The van der Waals surface area contributed by atoms with Gasteiger partial charge in [-0.3, -0.25) is 14.7 Å². The minimum atomic E-state index is -0.219. The van der Waals surface area contributed by atoms with Crippen LogP contribution in [0.5, 0.6) is 0 Å². The molecule has 0 atom stereocenters. The number of rotatable bonds is 3. The zero-order valence-corrected chi connectivity index (χ0v) is 14.0. The van der Waals surface area contributed by atoms with Gasteiger partial charge in [-0.15, -0.1) is 0 Å². The highest BCUT2D eigenvalue weighted by molar-refractivity contribution is 5.95. The first kappa shape index (κ1) is 15.9.